The molecule has 0 aliphatic carbocycles. The van der Waals surface area contributed by atoms with E-state index in [0.717, 1.165) is 42.6 Å². The molecule has 1 fully saturated rings. The fourth-order valence-electron chi connectivity index (χ4n) is 5.17. The van der Waals surface area contributed by atoms with E-state index in [0.29, 0.717) is 17.7 Å². The second kappa shape index (κ2) is 10.9. The number of benzene rings is 4. The molecule has 0 aromatic heterocycles. The molecule has 2 nitrogen and oxygen atoms in total. The Balaban J connectivity index is 1.38. The van der Waals surface area contributed by atoms with Crippen LogP contribution in [-0.4, -0.2) is 19.7 Å². The van der Waals surface area contributed by atoms with E-state index in [9.17, 15) is 13.2 Å². The van der Waals surface area contributed by atoms with Crippen molar-refractivity contribution in [3.05, 3.63) is 120 Å². The third-order valence-corrected chi connectivity index (χ3v) is 7.24. The molecular weight excluding hydrogens is 471 g/mol. The summed E-state index contributed by atoms with van der Waals surface area (Å²) in [4.78, 5) is 0. The molecule has 0 saturated carbocycles. The number of rotatable bonds is 7. The van der Waals surface area contributed by atoms with Gasteiger partial charge >= 0.3 is 6.18 Å². The molecule has 5 rings (SSSR count). The van der Waals surface area contributed by atoms with Crippen molar-refractivity contribution >= 4 is 0 Å². The normalized spacial score (nSPS) is 15.4. The van der Waals surface area contributed by atoms with Gasteiger partial charge in [0.15, 0.2) is 0 Å². The van der Waals surface area contributed by atoms with Crippen molar-refractivity contribution in [2.45, 2.75) is 31.0 Å². The van der Waals surface area contributed by atoms with Gasteiger partial charge in [-0.25, -0.2) is 0 Å². The fourth-order valence-corrected chi connectivity index (χ4v) is 5.17. The molecule has 4 aromatic rings. The minimum Gasteiger partial charge on any atom is -0.376 e. The van der Waals surface area contributed by atoms with Crippen LogP contribution in [0.25, 0.3) is 22.3 Å². The lowest BCUT2D eigenvalue weighted by Crippen LogP contribution is -2.43. The van der Waals surface area contributed by atoms with E-state index < -0.39 is 11.7 Å². The Morgan fingerprint density at radius 2 is 1.24 bits per heavy atom. The van der Waals surface area contributed by atoms with E-state index in [1.165, 1.54) is 17.7 Å². The van der Waals surface area contributed by atoms with Crippen LogP contribution >= 0.6 is 0 Å². The zero-order valence-corrected chi connectivity index (χ0v) is 20.6. The summed E-state index contributed by atoms with van der Waals surface area (Å²) >= 11 is 0. The summed E-state index contributed by atoms with van der Waals surface area (Å²) < 4.78 is 47.5. The zero-order valence-electron chi connectivity index (χ0n) is 20.6. The molecule has 0 unspecified atom stereocenters. The van der Waals surface area contributed by atoms with Crippen molar-refractivity contribution in [2.24, 2.45) is 0 Å². The Labute approximate surface area is 216 Å². The third-order valence-electron chi connectivity index (χ3n) is 7.24. The number of ether oxygens (including phenoxy) is 1. The number of piperidine rings is 1. The zero-order chi connectivity index (χ0) is 25.7. The van der Waals surface area contributed by atoms with Gasteiger partial charge in [-0.15, -0.1) is 0 Å². The van der Waals surface area contributed by atoms with Gasteiger partial charge in [-0.2, -0.15) is 13.2 Å². The maximum absolute atomic E-state index is 13.8. The number of alkyl halides is 3. The van der Waals surface area contributed by atoms with Crippen LogP contribution in [0.4, 0.5) is 13.2 Å². The molecule has 37 heavy (non-hydrogen) atoms. The van der Waals surface area contributed by atoms with Crippen molar-refractivity contribution < 1.29 is 17.9 Å². The Kier molecular flexibility index (Phi) is 7.45. The highest BCUT2D eigenvalue weighted by Crippen LogP contribution is 2.36. The lowest BCUT2D eigenvalue weighted by molar-refractivity contribution is -0.137. The van der Waals surface area contributed by atoms with Crippen molar-refractivity contribution in [3.8, 4) is 22.3 Å². The van der Waals surface area contributed by atoms with Crippen molar-refractivity contribution in [1.29, 1.82) is 0 Å². The van der Waals surface area contributed by atoms with E-state index in [4.69, 9.17) is 4.74 Å². The molecule has 0 bridgehead atoms. The van der Waals surface area contributed by atoms with Crippen LogP contribution in [0.2, 0.25) is 0 Å². The van der Waals surface area contributed by atoms with Gasteiger partial charge in [0.1, 0.15) is 0 Å². The van der Waals surface area contributed by atoms with Gasteiger partial charge in [0.05, 0.1) is 18.8 Å². The molecule has 1 saturated heterocycles. The highest BCUT2D eigenvalue weighted by molar-refractivity contribution is 5.71. The predicted octanol–water partition coefficient (Wildman–Crippen LogP) is 7.88. The molecule has 190 valence electrons. The third kappa shape index (κ3) is 5.95. The Morgan fingerprint density at radius 3 is 1.86 bits per heavy atom. The van der Waals surface area contributed by atoms with E-state index >= 15 is 0 Å². The smallest absolute Gasteiger partial charge is 0.376 e. The molecule has 4 aromatic carbocycles. The lowest BCUT2D eigenvalue weighted by atomic mass is 9.74. The lowest BCUT2D eigenvalue weighted by Gasteiger charge is -2.38. The van der Waals surface area contributed by atoms with Gasteiger partial charge in [0.2, 0.25) is 0 Å². The molecular formula is C32H30F3NO. The number of hydrogen-bond donors (Lipinski definition) is 1. The molecule has 5 heteroatoms. The summed E-state index contributed by atoms with van der Waals surface area (Å²) in [5, 5.41) is 3.40. The first-order valence-corrected chi connectivity index (χ1v) is 12.6. The monoisotopic (exact) mass is 501 g/mol. The minimum absolute atomic E-state index is 0.126. The summed E-state index contributed by atoms with van der Waals surface area (Å²) in [5.41, 5.74) is 4.32. The predicted molar refractivity (Wildman–Crippen MR) is 142 cm³/mol. The SMILES string of the molecule is FC(F)(F)c1cc(COCC2(c3ccccc3)CCNCC2)cc(-c2ccc(-c3ccccc3)cc2)c1. The number of halogens is 3. The van der Waals surface area contributed by atoms with Crippen LogP contribution in [0.1, 0.15) is 29.5 Å². The van der Waals surface area contributed by atoms with E-state index in [1.54, 1.807) is 0 Å². The second-order valence-electron chi connectivity index (χ2n) is 9.75. The molecule has 0 radical (unpaired) electrons. The molecule has 1 aliphatic heterocycles. The quantitative estimate of drug-likeness (QED) is 0.278. The molecule has 1 aliphatic rings. The van der Waals surface area contributed by atoms with E-state index in [2.05, 4.69) is 17.4 Å². The topological polar surface area (TPSA) is 21.3 Å². The van der Waals surface area contributed by atoms with Crippen molar-refractivity contribution in [1.82, 2.24) is 5.32 Å². The van der Waals surface area contributed by atoms with Gasteiger partial charge < -0.3 is 10.1 Å². The largest absolute Gasteiger partial charge is 0.416 e. The highest BCUT2D eigenvalue weighted by Gasteiger charge is 2.34. The summed E-state index contributed by atoms with van der Waals surface area (Å²) in [7, 11) is 0. The summed E-state index contributed by atoms with van der Waals surface area (Å²) in [6.07, 6.45) is -2.58. The Morgan fingerprint density at radius 1 is 0.676 bits per heavy atom. The van der Waals surface area contributed by atoms with Crippen LogP contribution in [0, 0.1) is 0 Å². The van der Waals surface area contributed by atoms with Crippen LogP contribution < -0.4 is 5.32 Å². The summed E-state index contributed by atoms with van der Waals surface area (Å²) in [6.45, 7) is 2.38. The van der Waals surface area contributed by atoms with Crippen molar-refractivity contribution in [3.63, 3.8) is 0 Å². The van der Waals surface area contributed by atoms with Gasteiger partial charge in [-0.1, -0.05) is 84.9 Å². The molecule has 0 amide bonds. The maximum Gasteiger partial charge on any atom is 0.416 e. The minimum atomic E-state index is -4.44. The first kappa shape index (κ1) is 25.2. The fraction of sp³-hybridized carbons (Fsp3) is 0.250. The molecule has 0 atom stereocenters. The average molecular weight is 502 g/mol. The van der Waals surface area contributed by atoms with Crippen LogP contribution in [0.15, 0.2) is 103 Å². The maximum atomic E-state index is 13.8. The molecule has 1 N–H and O–H groups in total. The van der Waals surface area contributed by atoms with E-state index in [-0.39, 0.29) is 12.0 Å². The summed E-state index contributed by atoms with van der Waals surface area (Å²) in [5.74, 6) is 0. The van der Waals surface area contributed by atoms with Gasteiger partial charge in [0, 0.05) is 5.41 Å². The standard InChI is InChI=1S/C32H30F3NO/c33-32(34,35)30-20-24(22-37-23-31(15-17-36-18-16-31)29-9-5-2-6-10-29)19-28(21-30)27-13-11-26(12-14-27)25-7-3-1-4-8-25/h1-14,19-21,36H,15-18,22-23H2. The average Bonchev–Trinajstić information content (AvgIpc) is 2.94. The van der Waals surface area contributed by atoms with Gasteiger partial charge in [0.25, 0.3) is 0 Å². The Bertz CT molecular complexity index is 1300. The van der Waals surface area contributed by atoms with Crippen LogP contribution in [0.3, 0.4) is 0 Å². The molecule has 1 heterocycles. The summed E-state index contributed by atoms with van der Waals surface area (Å²) in [6, 6.07) is 32.1. The van der Waals surface area contributed by atoms with Gasteiger partial charge in [-0.3, -0.25) is 0 Å². The first-order valence-electron chi connectivity index (χ1n) is 12.6. The van der Waals surface area contributed by atoms with Gasteiger partial charge in [-0.05, 0) is 77.5 Å². The first-order chi connectivity index (χ1) is 17.9. The van der Waals surface area contributed by atoms with Crippen LogP contribution in [-0.2, 0) is 22.9 Å². The number of hydrogen-bond acceptors (Lipinski definition) is 2. The van der Waals surface area contributed by atoms with E-state index in [1.807, 2.05) is 78.9 Å². The van der Waals surface area contributed by atoms with Crippen LogP contribution in [0.5, 0.6) is 0 Å². The number of nitrogens with one attached hydrogen (secondary N) is 1. The Hall–Kier alpha value is -3.41. The highest BCUT2D eigenvalue weighted by atomic mass is 19.4. The molecule has 0 spiro atoms. The second-order valence-corrected chi connectivity index (χ2v) is 9.75. The van der Waals surface area contributed by atoms with Crippen molar-refractivity contribution in [2.75, 3.05) is 19.7 Å².